The highest BCUT2D eigenvalue weighted by atomic mass is 16.2. The van der Waals surface area contributed by atoms with Crippen LogP contribution in [0.1, 0.15) is 104 Å². The van der Waals surface area contributed by atoms with Crippen molar-refractivity contribution < 1.29 is 19.2 Å². The Bertz CT molecular complexity index is 1390. The number of urea groups is 2. The molecule has 0 unspecified atom stereocenters. The number of aryl methyl sites for hydroxylation is 1. The molecule has 0 aliphatic heterocycles. The summed E-state index contributed by atoms with van der Waals surface area (Å²) >= 11 is 0. The maximum absolute atomic E-state index is 11.8. The number of rotatable bonds is 13. The molecule has 268 valence electrons. The molecule has 0 bridgehead atoms. The average Bonchev–Trinajstić information content (AvgIpc) is 3.02. The SMILES string of the molecule is CC1(NC(=O)Nc2nccc(=O)[nH]2)CCCCC1.CCC(=O)NCCCCCCNC(=O)Nc1nc(C)cc(=O)[nH]1.CCNC(=O)CC. The Hall–Kier alpha value is -4.76. The lowest BCUT2D eigenvalue weighted by Crippen LogP contribution is -2.49. The number of H-pyrrole nitrogens is 2. The summed E-state index contributed by atoms with van der Waals surface area (Å²) in [7, 11) is 0. The number of nitrogens with zero attached hydrogens (tertiary/aromatic N) is 2. The van der Waals surface area contributed by atoms with Gasteiger partial charge in [0.1, 0.15) is 0 Å². The van der Waals surface area contributed by atoms with E-state index in [2.05, 4.69) is 51.8 Å². The first-order valence-electron chi connectivity index (χ1n) is 16.7. The molecular formula is C32H54N10O6. The van der Waals surface area contributed by atoms with Crippen molar-refractivity contribution in [1.82, 2.24) is 41.2 Å². The molecule has 2 aromatic heterocycles. The van der Waals surface area contributed by atoms with Crippen LogP contribution in [0.15, 0.2) is 27.9 Å². The van der Waals surface area contributed by atoms with Crippen LogP contribution >= 0.6 is 0 Å². The van der Waals surface area contributed by atoms with Crippen molar-refractivity contribution in [1.29, 1.82) is 0 Å². The van der Waals surface area contributed by atoms with Gasteiger partial charge in [-0.1, -0.05) is 46.0 Å². The van der Waals surface area contributed by atoms with Gasteiger partial charge < -0.3 is 21.3 Å². The normalized spacial score (nSPS) is 12.9. The van der Waals surface area contributed by atoms with E-state index in [0.717, 1.165) is 57.9 Å². The molecule has 3 rings (SSSR count). The molecule has 8 N–H and O–H groups in total. The van der Waals surface area contributed by atoms with Crippen LogP contribution in [0, 0.1) is 6.92 Å². The van der Waals surface area contributed by atoms with E-state index in [1.165, 1.54) is 24.8 Å². The lowest BCUT2D eigenvalue weighted by atomic mass is 9.83. The summed E-state index contributed by atoms with van der Waals surface area (Å²) in [6, 6.07) is 1.93. The smallest absolute Gasteiger partial charge is 0.321 e. The Morgan fingerprint density at radius 3 is 1.92 bits per heavy atom. The number of aromatic nitrogens is 4. The first-order valence-corrected chi connectivity index (χ1v) is 16.7. The Morgan fingerprint density at radius 2 is 1.35 bits per heavy atom. The van der Waals surface area contributed by atoms with Gasteiger partial charge in [0.2, 0.25) is 23.7 Å². The molecule has 0 saturated heterocycles. The van der Waals surface area contributed by atoms with Crippen molar-refractivity contribution in [2.24, 2.45) is 0 Å². The molecule has 1 aliphatic carbocycles. The molecule has 2 heterocycles. The molecule has 0 spiro atoms. The van der Waals surface area contributed by atoms with E-state index in [4.69, 9.17) is 0 Å². The summed E-state index contributed by atoms with van der Waals surface area (Å²) in [5, 5.41) is 16.2. The zero-order valence-electron chi connectivity index (χ0n) is 29.0. The van der Waals surface area contributed by atoms with Crippen LogP contribution in [0.25, 0.3) is 0 Å². The molecule has 0 atom stereocenters. The van der Waals surface area contributed by atoms with Crippen LogP contribution in [-0.2, 0) is 9.59 Å². The maximum Gasteiger partial charge on any atom is 0.321 e. The van der Waals surface area contributed by atoms with E-state index in [-0.39, 0.29) is 46.4 Å². The first-order chi connectivity index (χ1) is 22.9. The van der Waals surface area contributed by atoms with Gasteiger partial charge in [-0.15, -0.1) is 0 Å². The molecule has 16 heteroatoms. The van der Waals surface area contributed by atoms with Crippen molar-refractivity contribution in [3.8, 4) is 0 Å². The van der Waals surface area contributed by atoms with Gasteiger partial charge in [-0.25, -0.2) is 19.6 Å². The minimum Gasteiger partial charge on any atom is -0.356 e. The van der Waals surface area contributed by atoms with Crippen molar-refractivity contribution in [2.75, 3.05) is 30.3 Å². The van der Waals surface area contributed by atoms with Crippen molar-refractivity contribution in [2.45, 2.75) is 111 Å². The van der Waals surface area contributed by atoms with Crippen LogP contribution in [-0.4, -0.2) is 69.0 Å². The molecule has 1 fully saturated rings. The van der Waals surface area contributed by atoms with E-state index in [9.17, 15) is 28.8 Å². The summed E-state index contributed by atoms with van der Waals surface area (Å²) < 4.78 is 0. The fourth-order valence-corrected chi connectivity index (χ4v) is 4.57. The Kier molecular flexibility index (Phi) is 20.2. The topological polar surface area (TPSA) is 232 Å². The molecular weight excluding hydrogens is 620 g/mol. The summed E-state index contributed by atoms with van der Waals surface area (Å²) in [5.74, 6) is 0.507. The molecule has 0 aromatic carbocycles. The quantitative estimate of drug-likeness (QED) is 0.146. The second-order valence-electron chi connectivity index (χ2n) is 11.5. The number of hydrogen-bond donors (Lipinski definition) is 8. The Balaban J connectivity index is 0.000000408. The van der Waals surface area contributed by atoms with Gasteiger partial charge in [0, 0.05) is 62.0 Å². The fourth-order valence-electron chi connectivity index (χ4n) is 4.57. The van der Waals surface area contributed by atoms with E-state index in [1.54, 1.807) is 6.92 Å². The highest BCUT2D eigenvalue weighted by Crippen LogP contribution is 2.27. The highest BCUT2D eigenvalue weighted by Gasteiger charge is 2.28. The molecule has 6 amide bonds. The molecule has 48 heavy (non-hydrogen) atoms. The third kappa shape index (κ3) is 19.7. The monoisotopic (exact) mass is 674 g/mol. The third-order valence-electron chi connectivity index (χ3n) is 7.10. The first kappa shape index (κ1) is 41.3. The summed E-state index contributed by atoms with van der Waals surface area (Å²) in [5.41, 5.74) is -0.205. The number of carbonyl (C=O) groups excluding carboxylic acids is 4. The number of aromatic amines is 2. The second-order valence-corrected chi connectivity index (χ2v) is 11.5. The van der Waals surface area contributed by atoms with Crippen LogP contribution in [0.4, 0.5) is 21.5 Å². The predicted octanol–water partition coefficient (Wildman–Crippen LogP) is 3.43. The molecule has 16 nitrogen and oxygen atoms in total. The van der Waals surface area contributed by atoms with E-state index < -0.39 is 6.03 Å². The zero-order valence-corrected chi connectivity index (χ0v) is 29.0. The minimum absolute atomic E-state index is 0.0751. The molecule has 0 radical (unpaired) electrons. The number of nitrogens with one attached hydrogen (secondary N) is 8. The third-order valence-corrected chi connectivity index (χ3v) is 7.10. The standard InChI is InChI=1S/C15H25N5O3.C12H18N4O2.C5H11NO/c1-3-12(21)16-8-6-4-5-7-9-17-15(23)20-14-18-11(2)10-13(22)19-14;1-12(6-3-2-4-7-12)16-11(18)15-10-13-8-5-9(17)14-10;1-3-5(7)6-4-2/h10H,3-9H2,1-2H3,(H,16,21)(H3,17,18,19,20,22,23);5,8H,2-4,6-7H2,1H3,(H3,13,14,15,16,17,18);3-4H2,1-2H3,(H,6,7). The number of hydrogen-bond acceptors (Lipinski definition) is 8. The highest BCUT2D eigenvalue weighted by molar-refractivity contribution is 5.88. The number of unbranched alkanes of at least 4 members (excludes halogenated alkanes) is 3. The molecule has 2 aromatic rings. The Labute approximate surface area is 281 Å². The van der Waals surface area contributed by atoms with Gasteiger partial charge in [-0.3, -0.25) is 39.8 Å². The Morgan fingerprint density at radius 1 is 0.771 bits per heavy atom. The summed E-state index contributed by atoms with van der Waals surface area (Å²) in [6.45, 7) is 11.3. The lowest BCUT2D eigenvalue weighted by molar-refractivity contribution is -0.121. The predicted molar refractivity (Wildman–Crippen MR) is 186 cm³/mol. The lowest BCUT2D eigenvalue weighted by Gasteiger charge is -2.34. The van der Waals surface area contributed by atoms with Gasteiger partial charge in [0.25, 0.3) is 11.1 Å². The second kappa shape index (κ2) is 23.5. The number of amides is 6. The maximum atomic E-state index is 11.8. The largest absolute Gasteiger partial charge is 0.356 e. The summed E-state index contributed by atoms with van der Waals surface area (Å²) in [6.07, 6.45) is 11.7. The van der Waals surface area contributed by atoms with Gasteiger partial charge in [0.05, 0.1) is 0 Å². The van der Waals surface area contributed by atoms with Gasteiger partial charge in [-0.05, 0) is 46.5 Å². The average molecular weight is 675 g/mol. The molecule has 1 saturated carbocycles. The molecule has 1 aliphatic rings. The van der Waals surface area contributed by atoms with E-state index >= 15 is 0 Å². The van der Waals surface area contributed by atoms with Crippen LogP contribution in [0.2, 0.25) is 0 Å². The van der Waals surface area contributed by atoms with E-state index in [1.807, 2.05) is 27.7 Å². The minimum atomic E-state index is -0.394. The van der Waals surface area contributed by atoms with Crippen molar-refractivity contribution >= 4 is 35.8 Å². The van der Waals surface area contributed by atoms with Crippen molar-refractivity contribution in [3.05, 3.63) is 44.7 Å². The zero-order chi connectivity index (χ0) is 35.8. The number of anilines is 2. The van der Waals surface area contributed by atoms with Crippen LogP contribution in [0.5, 0.6) is 0 Å². The summed E-state index contributed by atoms with van der Waals surface area (Å²) in [4.78, 5) is 79.9. The van der Waals surface area contributed by atoms with Crippen LogP contribution in [0.3, 0.4) is 0 Å². The van der Waals surface area contributed by atoms with Crippen molar-refractivity contribution in [3.63, 3.8) is 0 Å². The van der Waals surface area contributed by atoms with Gasteiger partial charge in [0.15, 0.2) is 0 Å². The van der Waals surface area contributed by atoms with Gasteiger partial charge >= 0.3 is 12.1 Å². The van der Waals surface area contributed by atoms with Crippen LogP contribution < -0.4 is 43.0 Å². The van der Waals surface area contributed by atoms with E-state index in [0.29, 0.717) is 31.6 Å². The number of carbonyl (C=O) groups is 4. The fraction of sp³-hybridized carbons (Fsp3) is 0.625. The van der Waals surface area contributed by atoms with Gasteiger partial charge in [-0.2, -0.15) is 0 Å².